The van der Waals surface area contributed by atoms with Crippen molar-refractivity contribution >= 4 is 16.9 Å². The van der Waals surface area contributed by atoms with Crippen molar-refractivity contribution in [3.05, 3.63) is 47.5 Å². The first-order chi connectivity index (χ1) is 14.2. The highest BCUT2D eigenvalue weighted by Crippen LogP contribution is 2.34. The number of hydrogen-bond donors (Lipinski definition) is 0. The minimum absolute atomic E-state index is 0.0351. The molecule has 0 spiro atoms. The van der Waals surface area contributed by atoms with E-state index in [0.29, 0.717) is 6.54 Å². The minimum atomic E-state index is 0.0351. The molecule has 3 heterocycles. The smallest absolute Gasteiger partial charge is 0.260 e. The highest BCUT2D eigenvalue weighted by Gasteiger charge is 2.25. The van der Waals surface area contributed by atoms with Gasteiger partial charge in [-0.15, -0.1) is 0 Å². The molecule has 1 aliphatic heterocycles. The minimum Gasteiger partial charge on any atom is -0.484 e. The van der Waals surface area contributed by atoms with Gasteiger partial charge in [0.05, 0.1) is 12.2 Å². The van der Waals surface area contributed by atoms with Crippen molar-refractivity contribution in [3.63, 3.8) is 0 Å². The summed E-state index contributed by atoms with van der Waals surface area (Å²) in [6, 6.07) is 6.14. The van der Waals surface area contributed by atoms with Crippen LogP contribution in [0.2, 0.25) is 0 Å². The molecule has 0 radical (unpaired) electrons. The van der Waals surface area contributed by atoms with E-state index in [1.54, 1.807) is 0 Å². The van der Waals surface area contributed by atoms with Gasteiger partial charge in [-0.05, 0) is 62.8 Å². The van der Waals surface area contributed by atoms with E-state index in [9.17, 15) is 4.79 Å². The summed E-state index contributed by atoms with van der Waals surface area (Å²) in [7, 11) is 0. The van der Waals surface area contributed by atoms with Crippen LogP contribution in [0.1, 0.15) is 48.6 Å². The molecule has 1 fully saturated rings. The molecule has 5 rings (SSSR count). The number of nitrogens with zero attached hydrogens (tertiary/aromatic N) is 3. The van der Waals surface area contributed by atoms with Crippen LogP contribution in [0.3, 0.4) is 0 Å². The number of aromatic nitrogens is 2. The van der Waals surface area contributed by atoms with Crippen LogP contribution in [0.4, 0.5) is 0 Å². The van der Waals surface area contributed by atoms with Crippen molar-refractivity contribution in [3.8, 4) is 5.75 Å². The van der Waals surface area contributed by atoms with Crippen molar-refractivity contribution in [1.82, 2.24) is 14.7 Å². The van der Waals surface area contributed by atoms with E-state index in [1.165, 1.54) is 18.4 Å². The highest BCUT2D eigenvalue weighted by molar-refractivity contribution is 5.84. The Morgan fingerprint density at radius 2 is 2.17 bits per heavy atom. The summed E-state index contributed by atoms with van der Waals surface area (Å²) in [5.74, 6) is 1.89. The molecule has 1 saturated heterocycles. The van der Waals surface area contributed by atoms with Crippen molar-refractivity contribution < 1.29 is 13.9 Å². The van der Waals surface area contributed by atoms with Crippen molar-refractivity contribution in [2.75, 3.05) is 19.7 Å². The number of furan rings is 1. The Morgan fingerprint density at radius 1 is 1.28 bits per heavy atom. The van der Waals surface area contributed by atoms with E-state index in [2.05, 4.69) is 11.3 Å². The second-order valence-electron chi connectivity index (χ2n) is 8.29. The van der Waals surface area contributed by atoms with Gasteiger partial charge in [0.2, 0.25) is 0 Å². The van der Waals surface area contributed by atoms with Gasteiger partial charge in [-0.2, -0.15) is 5.10 Å². The van der Waals surface area contributed by atoms with Crippen molar-refractivity contribution in [1.29, 1.82) is 0 Å². The molecule has 29 heavy (non-hydrogen) atoms. The van der Waals surface area contributed by atoms with Crippen molar-refractivity contribution in [2.24, 2.45) is 0 Å². The van der Waals surface area contributed by atoms with Gasteiger partial charge in [-0.1, -0.05) is 0 Å². The molecule has 152 valence electrons. The number of fused-ring (bicyclic) bond motifs is 3. The fourth-order valence-electron chi connectivity index (χ4n) is 4.60. The number of likely N-dealkylation sites (tertiary alicyclic amines) is 1. The van der Waals surface area contributed by atoms with Crippen LogP contribution in [-0.4, -0.2) is 40.3 Å². The van der Waals surface area contributed by atoms with Gasteiger partial charge in [0.15, 0.2) is 6.61 Å². The summed E-state index contributed by atoms with van der Waals surface area (Å²) in [5.41, 5.74) is 3.38. The molecule has 1 aliphatic carbocycles. The van der Waals surface area contributed by atoms with Crippen LogP contribution < -0.4 is 4.74 Å². The summed E-state index contributed by atoms with van der Waals surface area (Å²) >= 11 is 0. The molecule has 1 unspecified atom stereocenters. The Kier molecular flexibility index (Phi) is 4.78. The number of carbonyl (C=O) groups excluding carboxylic acids is 1. The molecular weight excluding hydrogens is 366 g/mol. The van der Waals surface area contributed by atoms with E-state index >= 15 is 0 Å². The van der Waals surface area contributed by atoms with Gasteiger partial charge >= 0.3 is 0 Å². The van der Waals surface area contributed by atoms with Crippen molar-refractivity contribution in [2.45, 2.75) is 51.5 Å². The monoisotopic (exact) mass is 393 g/mol. The largest absolute Gasteiger partial charge is 0.484 e. The van der Waals surface area contributed by atoms with Gasteiger partial charge in [0.1, 0.15) is 17.1 Å². The number of hydrogen-bond acceptors (Lipinski definition) is 4. The van der Waals surface area contributed by atoms with E-state index in [-0.39, 0.29) is 18.6 Å². The normalized spacial score (nSPS) is 19.3. The maximum Gasteiger partial charge on any atom is 0.260 e. The molecule has 3 aromatic rings. The number of benzene rings is 1. The zero-order chi connectivity index (χ0) is 19.8. The number of amides is 1. The third-order valence-corrected chi connectivity index (χ3v) is 6.14. The standard InChI is InChI=1S/C23H27N3O3/c1-16-12-24-26(13-16)17-5-4-10-25(14-17)23(27)15-28-18-8-9-22-20(11-18)19-6-2-3-7-21(19)29-22/h8-9,11-13,17H,2-7,10,14-15H2,1H3. The molecule has 6 heteroatoms. The number of rotatable bonds is 4. The first-order valence-corrected chi connectivity index (χ1v) is 10.6. The summed E-state index contributed by atoms with van der Waals surface area (Å²) in [4.78, 5) is 14.7. The molecule has 0 saturated carbocycles. The Morgan fingerprint density at radius 3 is 3.03 bits per heavy atom. The molecule has 0 bridgehead atoms. The maximum atomic E-state index is 12.8. The quantitative estimate of drug-likeness (QED) is 0.671. The van der Waals surface area contributed by atoms with Gasteiger partial charge < -0.3 is 14.1 Å². The Balaban J connectivity index is 1.24. The highest BCUT2D eigenvalue weighted by atomic mass is 16.5. The molecule has 0 N–H and O–H groups in total. The Hall–Kier alpha value is -2.76. The van der Waals surface area contributed by atoms with Crippen LogP contribution in [-0.2, 0) is 17.6 Å². The molecule has 1 atom stereocenters. The zero-order valence-corrected chi connectivity index (χ0v) is 16.9. The van der Waals surface area contributed by atoms with E-state index in [0.717, 1.165) is 60.3 Å². The van der Waals surface area contributed by atoms with Crippen LogP contribution in [0.25, 0.3) is 11.0 Å². The molecule has 1 aromatic carbocycles. The zero-order valence-electron chi connectivity index (χ0n) is 16.9. The lowest BCUT2D eigenvalue weighted by Crippen LogP contribution is -2.43. The molecule has 1 amide bonds. The van der Waals surface area contributed by atoms with E-state index in [4.69, 9.17) is 9.15 Å². The fraction of sp³-hybridized carbons (Fsp3) is 0.478. The van der Waals surface area contributed by atoms with E-state index < -0.39 is 0 Å². The number of piperidine rings is 1. The number of aryl methyl sites for hydroxylation is 3. The molecular formula is C23H27N3O3. The van der Waals surface area contributed by atoms with Crippen LogP contribution in [0.5, 0.6) is 5.75 Å². The summed E-state index contributed by atoms with van der Waals surface area (Å²) in [6.45, 7) is 3.58. The van der Waals surface area contributed by atoms with Gasteiger partial charge in [-0.25, -0.2) is 0 Å². The lowest BCUT2D eigenvalue weighted by atomic mass is 9.96. The topological polar surface area (TPSA) is 60.5 Å². The number of ether oxygens (including phenoxy) is 1. The second-order valence-corrected chi connectivity index (χ2v) is 8.29. The third kappa shape index (κ3) is 3.63. The summed E-state index contributed by atoms with van der Waals surface area (Å²) in [5, 5.41) is 5.56. The molecule has 2 aromatic heterocycles. The van der Waals surface area contributed by atoms with Crippen LogP contribution >= 0.6 is 0 Å². The molecule has 2 aliphatic rings. The fourth-order valence-corrected chi connectivity index (χ4v) is 4.60. The summed E-state index contributed by atoms with van der Waals surface area (Å²) < 4.78 is 13.9. The lowest BCUT2D eigenvalue weighted by Gasteiger charge is -2.32. The Bertz CT molecular complexity index is 1040. The van der Waals surface area contributed by atoms with E-state index in [1.807, 2.05) is 40.9 Å². The van der Waals surface area contributed by atoms with Crippen LogP contribution in [0, 0.1) is 6.92 Å². The first-order valence-electron chi connectivity index (χ1n) is 10.6. The average molecular weight is 393 g/mol. The van der Waals surface area contributed by atoms with Crippen LogP contribution in [0.15, 0.2) is 35.0 Å². The summed E-state index contributed by atoms with van der Waals surface area (Å²) in [6.07, 6.45) is 10.4. The second kappa shape index (κ2) is 7.58. The van der Waals surface area contributed by atoms with Gasteiger partial charge in [0, 0.05) is 36.7 Å². The Labute approximate surface area is 170 Å². The predicted molar refractivity (Wildman–Crippen MR) is 110 cm³/mol. The molecule has 6 nitrogen and oxygen atoms in total. The SMILES string of the molecule is Cc1cnn(C2CCCN(C(=O)COc3ccc4oc5c(c4c3)CCCC5)C2)c1. The third-order valence-electron chi connectivity index (χ3n) is 6.14. The number of carbonyl (C=O) groups is 1. The lowest BCUT2D eigenvalue weighted by molar-refractivity contribution is -0.135. The van der Waals surface area contributed by atoms with Gasteiger partial charge in [0.25, 0.3) is 5.91 Å². The first kappa shape index (κ1) is 18.3. The predicted octanol–water partition coefficient (Wildman–Crippen LogP) is 4.06. The maximum absolute atomic E-state index is 12.8. The average Bonchev–Trinajstić information content (AvgIpc) is 3.35. The van der Waals surface area contributed by atoms with Gasteiger partial charge in [-0.3, -0.25) is 9.48 Å².